The average molecular weight is 366 g/mol. The zero-order valence-electron chi connectivity index (χ0n) is 9.74. The number of hydrogen-bond acceptors (Lipinski definition) is 3. The van der Waals surface area contributed by atoms with Gasteiger partial charge in [0, 0.05) is 15.4 Å². The number of nitrogens with zero attached hydrogens (tertiary/aromatic N) is 1. The fourth-order valence-corrected chi connectivity index (χ4v) is 2.82. The van der Waals surface area contributed by atoms with Crippen LogP contribution in [0.25, 0.3) is 10.6 Å². The summed E-state index contributed by atoms with van der Waals surface area (Å²) in [5.74, 6) is -1.08. The highest BCUT2D eigenvalue weighted by molar-refractivity contribution is 9.10. The maximum atomic E-state index is 13.0. The van der Waals surface area contributed by atoms with Gasteiger partial charge in [-0.2, -0.15) is 13.2 Å². The maximum Gasteiger partial charge on any atom is 0.417 e. The van der Waals surface area contributed by atoms with Crippen molar-refractivity contribution < 1.29 is 23.1 Å². The first kappa shape index (κ1) is 15.0. The van der Waals surface area contributed by atoms with Gasteiger partial charge in [-0.25, -0.2) is 4.98 Å². The molecule has 1 N–H and O–H groups in total. The Labute approximate surface area is 124 Å². The van der Waals surface area contributed by atoms with Crippen LogP contribution in [-0.4, -0.2) is 16.1 Å². The van der Waals surface area contributed by atoms with Crippen molar-refractivity contribution in [2.75, 3.05) is 0 Å². The molecule has 0 radical (unpaired) electrons. The minimum atomic E-state index is -4.50. The summed E-state index contributed by atoms with van der Waals surface area (Å²) in [5.41, 5.74) is -0.612. The molecule has 0 aliphatic carbocycles. The molecule has 8 heteroatoms. The summed E-state index contributed by atoms with van der Waals surface area (Å²) in [6.45, 7) is 0. The molecule has 2 aromatic rings. The van der Waals surface area contributed by atoms with E-state index >= 15 is 0 Å². The number of aromatic nitrogens is 1. The predicted molar refractivity (Wildman–Crippen MR) is 71.6 cm³/mol. The molecule has 3 nitrogen and oxygen atoms in total. The van der Waals surface area contributed by atoms with E-state index < -0.39 is 17.7 Å². The molecule has 1 heterocycles. The van der Waals surface area contributed by atoms with E-state index in [4.69, 9.17) is 5.11 Å². The van der Waals surface area contributed by atoms with Crippen LogP contribution in [-0.2, 0) is 17.4 Å². The molecule has 1 aromatic heterocycles. The van der Waals surface area contributed by atoms with Gasteiger partial charge >= 0.3 is 12.1 Å². The van der Waals surface area contributed by atoms with E-state index in [1.807, 2.05) is 0 Å². The summed E-state index contributed by atoms with van der Waals surface area (Å²) in [5, 5.41) is 10.2. The van der Waals surface area contributed by atoms with Gasteiger partial charge in [0.1, 0.15) is 5.01 Å². The molecule has 1 aromatic carbocycles. The summed E-state index contributed by atoms with van der Waals surface area (Å²) < 4.78 is 39.3. The van der Waals surface area contributed by atoms with Crippen molar-refractivity contribution in [1.82, 2.24) is 4.98 Å². The van der Waals surface area contributed by atoms with Crippen LogP contribution in [0.5, 0.6) is 0 Å². The van der Waals surface area contributed by atoms with E-state index in [1.165, 1.54) is 17.5 Å². The van der Waals surface area contributed by atoms with Gasteiger partial charge in [0.15, 0.2) is 0 Å². The van der Waals surface area contributed by atoms with Crippen molar-refractivity contribution in [3.63, 3.8) is 0 Å². The van der Waals surface area contributed by atoms with Crippen LogP contribution in [0, 0.1) is 0 Å². The number of carbonyl (C=O) groups is 1. The summed E-state index contributed by atoms with van der Waals surface area (Å²) in [7, 11) is 0. The number of rotatable bonds is 3. The summed E-state index contributed by atoms with van der Waals surface area (Å²) in [6, 6.07) is 3.78. The Kier molecular flexibility index (Phi) is 4.14. The highest BCUT2D eigenvalue weighted by atomic mass is 79.9. The summed E-state index contributed by atoms with van der Waals surface area (Å²) >= 11 is 4.00. The van der Waals surface area contributed by atoms with Crippen molar-refractivity contribution in [2.24, 2.45) is 0 Å². The Morgan fingerprint density at radius 1 is 1.40 bits per heavy atom. The van der Waals surface area contributed by atoms with Crippen LogP contribution in [0.4, 0.5) is 13.2 Å². The molecule has 0 fully saturated rings. The van der Waals surface area contributed by atoms with Gasteiger partial charge in [0.2, 0.25) is 0 Å². The smallest absolute Gasteiger partial charge is 0.417 e. The molecular weight excluding hydrogens is 359 g/mol. The van der Waals surface area contributed by atoms with Crippen LogP contribution < -0.4 is 0 Å². The predicted octanol–water partition coefficient (Wildman–Crippen LogP) is 4.22. The van der Waals surface area contributed by atoms with Crippen LogP contribution >= 0.6 is 27.3 Å². The van der Waals surface area contributed by atoms with E-state index in [2.05, 4.69) is 20.9 Å². The number of aliphatic carboxylic acids is 1. The highest BCUT2D eigenvalue weighted by Gasteiger charge is 2.34. The van der Waals surface area contributed by atoms with Crippen LogP contribution in [0.3, 0.4) is 0 Å². The Balaban J connectivity index is 2.47. The van der Waals surface area contributed by atoms with E-state index in [0.717, 1.165) is 17.4 Å². The quantitative estimate of drug-likeness (QED) is 0.885. The van der Waals surface area contributed by atoms with Crippen LogP contribution in [0.2, 0.25) is 0 Å². The molecule has 0 aliphatic heterocycles. The Bertz CT molecular complexity index is 654. The molecule has 0 saturated carbocycles. The van der Waals surface area contributed by atoms with Crippen molar-refractivity contribution >= 4 is 33.2 Å². The van der Waals surface area contributed by atoms with Gasteiger partial charge in [0.25, 0.3) is 0 Å². The topological polar surface area (TPSA) is 50.2 Å². The van der Waals surface area contributed by atoms with Gasteiger partial charge in [-0.1, -0.05) is 22.0 Å². The third-order valence-electron chi connectivity index (χ3n) is 2.40. The van der Waals surface area contributed by atoms with Gasteiger partial charge in [-0.3, -0.25) is 4.79 Å². The molecule has 0 spiro atoms. The number of carboxylic acid groups (broad SMARTS) is 1. The van der Waals surface area contributed by atoms with Crippen LogP contribution in [0.15, 0.2) is 28.1 Å². The molecule has 0 bridgehead atoms. The Morgan fingerprint density at radius 3 is 2.70 bits per heavy atom. The lowest BCUT2D eigenvalue weighted by Gasteiger charge is -2.11. The first-order valence-electron chi connectivity index (χ1n) is 5.30. The molecule has 0 aliphatic rings. The SMILES string of the molecule is O=C(O)Cc1csc(-c2ccc(Br)cc2C(F)(F)F)n1. The largest absolute Gasteiger partial charge is 0.481 e. The summed E-state index contributed by atoms with van der Waals surface area (Å²) in [4.78, 5) is 14.5. The number of alkyl halides is 3. The minimum absolute atomic E-state index is 0.0534. The average Bonchev–Trinajstić information content (AvgIpc) is 2.75. The zero-order valence-corrected chi connectivity index (χ0v) is 12.1. The fourth-order valence-electron chi connectivity index (χ4n) is 1.60. The molecule has 0 atom stereocenters. The monoisotopic (exact) mass is 365 g/mol. The van der Waals surface area contributed by atoms with Gasteiger partial charge < -0.3 is 5.11 Å². The lowest BCUT2D eigenvalue weighted by Crippen LogP contribution is -2.07. The van der Waals surface area contributed by atoms with Crippen molar-refractivity contribution in [3.05, 3.63) is 39.3 Å². The van der Waals surface area contributed by atoms with Crippen LogP contribution in [0.1, 0.15) is 11.3 Å². The van der Waals surface area contributed by atoms with E-state index in [-0.39, 0.29) is 22.7 Å². The molecule has 0 unspecified atom stereocenters. The third-order valence-corrected chi connectivity index (χ3v) is 3.82. The minimum Gasteiger partial charge on any atom is -0.481 e. The first-order valence-corrected chi connectivity index (χ1v) is 6.98. The molecule has 0 amide bonds. The Morgan fingerprint density at radius 2 is 2.10 bits per heavy atom. The molecule has 106 valence electrons. The lowest BCUT2D eigenvalue weighted by molar-refractivity contribution is -0.137. The van der Waals surface area contributed by atoms with E-state index in [1.54, 1.807) is 0 Å². The number of benzene rings is 1. The normalized spacial score (nSPS) is 11.6. The second-order valence-corrected chi connectivity index (χ2v) is 5.68. The molecule has 20 heavy (non-hydrogen) atoms. The van der Waals surface area contributed by atoms with Gasteiger partial charge in [-0.15, -0.1) is 11.3 Å². The van der Waals surface area contributed by atoms with Crippen molar-refractivity contribution in [3.8, 4) is 10.6 Å². The number of hydrogen-bond donors (Lipinski definition) is 1. The molecule has 2 rings (SSSR count). The van der Waals surface area contributed by atoms with E-state index in [0.29, 0.717) is 4.47 Å². The zero-order chi connectivity index (χ0) is 14.9. The van der Waals surface area contributed by atoms with Gasteiger partial charge in [0.05, 0.1) is 17.7 Å². The summed E-state index contributed by atoms with van der Waals surface area (Å²) in [6.07, 6.45) is -4.81. The van der Waals surface area contributed by atoms with Crippen molar-refractivity contribution in [2.45, 2.75) is 12.6 Å². The second-order valence-electron chi connectivity index (χ2n) is 3.90. The molecular formula is C12H7BrF3NO2S. The number of thiazole rings is 1. The maximum absolute atomic E-state index is 13.0. The standard InChI is InChI=1S/C12H7BrF3NO2S/c13-6-1-2-8(9(3-6)12(14,15)16)11-17-7(5-20-11)4-10(18)19/h1-3,5H,4H2,(H,18,19). The van der Waals surface area contributed by atoms with Crippen molar-refractivity contribution in [1.29, 1.82) is 0 Å². The number of halogens is 4. The fraction of sp³-hybridized carbons (Fsp3) is 0.167. The third kappa shape index (κ3) is 3.37. The Hall–Kier alpha value is -1.41. The van der Waals surface area contributed by atoms with Gasteiger partial charge in [-0.05, 0) is 12.1 Å². The highest BCUT2D eigenvalue weighted by Crippen LogP contribution is 2.39. The number of carboxylic acids is 1. The first-order chi connectivity index (χ1) is 9.27. The second kappa shape index (κ2) is 5.53. The molecule has 0 saturated heterocycles. The van der Waals surface area contributed by atoms with E-state index in [9.17, 15) is 18.0 Å². The lowest BCUT2D eigenvalue weighted by atomic mass is 10.1.